The van der Waals surface area contributed by atoms with Crippen LogP contribution >= 0.6 is 11.8 Å². The summed E-state index contributed by atoms with van der Waals surface area (Å²) in [6, 6.07) is 17.4. The lowest BCUT2D eigenvalue weighted by molar-refractivity contribution is 0.130. The van der Waals surface area contributed by atoms with Crippen molar-refractivity contribution in [2.75, 3.05) is 38.1 Å². The molecule has 0 spiro atoms. The highest BCUT2D eigenvalue weighted by atomic mass is 32.2. The average molecular weight is 474 g/mol. The number of carbonyl (C=O) groups excluding carboxylic acids is 1. The van der Waals surface area contributed by atoms with Crippen LogP contribution in [0, 0.1) is 6.92 Å². The van der Waals surface area contributed by atoms with E-state index in [1.54, 1.807) is 16.7 Å². The molecule has 7 nitrogen and oxygen atoms in total. The molecular weight excluding hydrogens is 446 g/mol. The lowest BCUT2D eigenvalue weighted by Crippen LogP contribution is -2.53. The zero-order valence-electron chi connectivity index (χ0n) is 19.3. The van der Waals surface area contributed by atoms with Crippen LogP contribution in [0.15, 0.2) is 65.8 Å². The van der Waals surface area contributed by atoms with Crippen molar-refractivity contribution in [3.05, 3.63) is 71.9 Å². The number of amides is 2. The molecule has 0 radical (unpaired) electrons. The van der Waals surface area contributed by atoms with Crippen LogP contribution in [0.25, 0.3) is 0 Å². The van der Waals surface area contributed by atoms with E-state index in [9.17, 15) is 4.79 Å². The van der Waals surface area contributed by atoms with E-state index in [-0.39, 0.29) is 17.4 Å². The van der Waals surface area contributed by atoms with E-state index in [2.05, 4.69) is 27.1 Å². The van der Waals surface area contributed by atoms with Crippen LogP contribution in [-0.4, -0.2) is 59.4 Å². The number of piperazine rings is 1. The summed E-state index contributed by atoms with van der Waals surface area (Å²) in [4.78, 5) is 24.8. The maximum atomic E-state index is 13.5. The van der Waals surface area contributed by atoms with Crippen molar-refractivity contribution in [2.24, 2.45) is 0 Å². The van der Waals surface area contributed by atoms with E-state index in [0.717, 1.165) is 65.2 Å². The zero-order valence-corrected chi connectivity index (χ0v) is 20.1. The van der Waals surface area contributed by atoms with E-state index in [1.807, 2.05) is 67.7 Å². The Balaban J connectivity index is 1.31. The zero-order chi connectivity index (χ0) is 23.2. The fourth-order valence-electron chi connectivity index (χ4n) is 4.97. The number of urea groups is 1. The summed E-state index contributed by atoms with van der Waals surface area (Å²) < 4.78 is 5.99. The number of hydrogen-bond acceptors (Lipinski definition) is 6. The summed E-state index contributed by atoms with van der Waals surface area (Å²) in [5.41, 5.74) is 3.86. The number of hydrogen-bond donors (Lipinski definition) is 1. The van der Waals surface area contributed by atoms with Crippen LogP contribution in [0.3, 0.4) is 0 Å². The smallest absolute Gasteiger partial charge is 0.327 e. The molecule has 3 aliphatic heterocycles. The molecule has 174 valence electrons. The third kappa shape index (κ3) is 3.72. The molecule has 2 amide bonds. The van der Waals surface area contributed by atoms with Gasteiger partial charge in [-0.05, 0) is 55.9 Å². The van der Waals surface area contributed by atoms with Crippen molar-refractivity contribution in [1.82, 2.24) is 20.1 Å². The van der Waals surface area contributed by atoms with Gasteiger partial charge in [-0.3, -0.25) is 9.80 Å². The maximum Gasteiger partial charge on any atom is 0.327 e. The average Bonchev–Trinajstić information content (AvgIpc) is 3.21. The molecule has 0 bridgehead atoms. The second-order valence-corrected chi connectivity index (χ2v) is 10.1. The van der Waals surface area contributed by atoms with Gasteiger partial charge in [-0.15, -0.1) is 0 Å². The third-order valence-corrected chi connectivity index (χ3v) is 8.13. The Morgan fingerprint density at radius 1 is 1.00 bits per heavy atom. The van der Waals surface area contributed by atoms with Gasteiger partial charge in [0.25, 0.3) is 0 Å². The number of benzene rings is 2. The molecule has 2 unspecified atom stereocenters. The van der Waals surface area contributed by atoms with Crippen molar-refractivity contribution in [1.29, 1.82) is 0 Å². The first-order valence-electron chi connectivity index (χ1n) is 11.6. The fraction of sp³-hybridized carbons (Fsp3) is 0.308. The molecule has 1 aromatic heterocycles. The number of pyridine rings is 1. The number of para-hydroxylation sites is 1. The van der Waals surface area contributed by atoms with Gasteiger partial charge < -0.3 is 15.0 Å². The number of thioether (sulfide) groups is 1. The van der Waals surface area contributed by atoms with Crippen LogP contribution in [0.1, 0.15) is 17.2 Å². The number of carbonyl (C=O) groups is 1. The number of aromatic nitrogens is 1. The van der Waals surface area contributed by atoms with Crippen LogP contribution in [0.2, 0.25) is 0 Å². The quantitative estimate of drug-likeness (QED) is 0.589. The summed E-state index contributed by atoms with van der Waals surface area (Å²) in [7, 11) is 2.16. The molecule has 1 saturated heterocycles. The van der Waals surface area contributed by atoms with Crippen molar-refractivity contribution >= 4 is 29.2 Å². The van der Waals surface area contributed by atoms with E-state index in [0.29, 0.717) is 0 Å². The van der Waals surface area contributed by atoms with Gasteiger partial charge >= 0.3 is 6.03 Å². The number of rotatable bonds is 4. The SMILES string of the molecule is Cc1cc(Oc2ccccc2)ccc1N1C(=O)NC2c3c1ccnc3SC2N1CCN(C)CC1. The third-order valence-electron chi connectivity index (χ3n) is 6.77. The van der Waals surface area contributed by atoms with Gasteiger partial charge in [0.2, 0.25) is 0 Å². The van der Waals surface area contributed by atoms with Gasteiger partial charge in [-0.2, -0.15) is 0 Å². The Hall–Kier alpha value is -3.07. The Morgan fingerprint density at radius 2 is 1.79 bits per heavy atom. The molecule has 8 heteroatoms. The number of aryl methyl sites for hydroxylation is 1. The molecule has 2 atom stereocenters. The monoisotopic (exact) mass is 473 g/mol. The molecule has 34 heavy (non-hydrogen) atoms. The van der Waals surface area contributed by atoms with Crippen LogP contribution in [-0.2, 0) is 0 Å². The predicted octanol–water partition coefficient (Wildman–Crippen LogP) is 4.76. The highest BCUT2D eigenvalue weighted by Crippen LogP contribution is 2.51. The minimum Gasteiger partial charge on any atom is -0.457 e. The minimum absolute atomic E-state index is 0.0585. The van der Waals surface area contributed by atoms with Crippen molar-refractivity contribution < 1.29 is 9.53 Å². The number of anilines is 2. The number of nitrogens with zero attached hydrogens (tertiary/aromatic N) is 4. The van der Waals surface area contributed by atoms with Gasteiger partial charge in [-0.25, -0.2) is 9.78 Å². The second kappa shape index (κ2) is 8.61. The number of likely N-dealkylation sites (N-methyl/N-ethyl adjacent to an activating group) is 1. The molecular formula is C26H27N5O2S. The first-order valence-corrected chi connectivity index (χ1v) is 12.5. The minimum atomic E-state index is -0.101. The van der Waals surface area contributed by atoms with Gasteiger partial charge in [0.05, 0.1) is 22.8 Å². The van der Waals surface area contributed by atoms with Crippen molar-refractivity contribution in [3.63, 3.8) is 0 Å². The molecule has 3 aliphatic rings. The highest BCUT2D eigenvalue weighted by molar-refractivity contribution is 8.00. The molecule has 6 rings (SSSR count). The number of nitrogens with one attached hydrogen (secondary N) is 1. The summed E-state index contributed by atoms with van der Waals surface area (Å²) in [5.74, 6) is 1.53. The highest BCUT2D eigenvalue weighted by Gasteiger charge is 2.46. The Labute approximate surface area is 203 Å². The van der Waals surface area contributed by atoms with Crippen LogP contribution in [0.4, 0.5) is 16.2 Å². The summed E-state index contributed by atoms with van der Waals surface area (Å²) in [6.45, 7) is 6.08. The Bertz CT molecular complexity index is 1230. The molecule has 1 fully saturated rings. The topological polar surface area (TPSA) is 60.9 Å². The van der Waals surface area contributed by atoms with Gasteiger partial charge in [-0.1, -0.05) is 30.0 Å². The summed E-state index contributed by atoms with van der Waals surface area (Å²) >= 11 is 1.77. The van der Waals surface area contributed by atoms with E-state index >= 15 is 0 Å². The normalized spacial score (nSPS) is 22.4. The molecule has 4 heterocycles. The van der Waals surface area contributed by atoms with Crippen LogP contribution in [0.5, 0.6) is 11.5 Å². The first kappa shape index (κ1) is 21.5. The maximum absolute atomic E-state index is 13.5. The van der Waals surface area contributed by atoms with Gasteiger partial charge in [0, 0.05) is 37.9 Å². The Morgan fingerprint density at radius 3 is 2.56 bits per heavy atom. The van der Waals surface area contributed by atoms with E-state index in [4.69, 9.17) is 4.74 Å². The van der Waals surface area contributed by atoms with Crippen molar-refractivity contribution in [2.45, 2.75) is 23.4 Å². The molecule has 3 aromatic rings. The van der Waals surface area contributed by atoms with Crippen molar-refractivity contribution in [3.8, 4) is 11.5 Å². The van der Waals surface area contributed by atoms with E-state index < -0.39 is 0 Å². The van der Waals surface area contributed by atoms with Gasteiger partial charge in [0.15, 0.2) is 0 Å². The Kier molecular flexibility index (Phi) is 5.44. The van der Waals surface area contributed by atoms with E-state index in [1.165, 1.54) is 0 Å². The first-order chi connectivity index (χ1) is 16.6. The summed E-state index contributed by atoms with van der Waals surface area (Å²) in [6.07, 6.45) is 1.82. The molecule has 2 aromatic carbocycles. The lowest BCUT2D eigenvalue weighted by atomic mass is 10.0. The number of ether oxygens (including phenoxy) is 1. The lowest BCUT2D eigenvalue weighted by Gasteiger charge is -2.40. The molecule has 0 aliphatic carbocycles. The van der Waals surface area contributed by atoms with Crippen LogP contribution < -0.4 is 15.0 Å². The predicted molar refractivity (Wildman–Crippen MR) is 134 cm³/mol. The largest absolute Gasteiger partial charge is 0.457 e. The summed E-state index contributed by atoms with van der Waals surface area (Å²) in [5, 5.41) is 4.49. The fourth-order valence-corrected chi connectivity index (χ4v) is 6.38. The molecule has 1 N–H and O–H groups in total. The van der Waals surface area contributed by atoms with Gasteiger partial charge in [0.1, 0.15) is 16.5 Å². The molecule has 0 saturated carbocycles. The standard InChI is InChI=1S/C26H27N5O2S/c1-17-16-19(33-18-6-4-3-5-7-18)8-9-20(17)31-21-10-11-27-24-22(21)23(28-26(31)32)25(34-24)30-14-12-29(2)13-15-30/h3-11,16,23,25H,12-15H2,1-2H3,(H,28,32). The second-order valence-electron chi connectivity index (χ2n) is 9.02.